The van der Waals surface area contributed by atoms with E-state index in [9.17, 15) is 4.79 Å². The fourth-order valence-corrected chi connectivity index (χ4v) is 2.77. The Bertz CT molecular complexity index is 1040. The van der Waals surface area contributed by atoms with Crippen molar-refractivity contribution in [2.75, 3.05) is 0 Å². The number of aryl methyl sites for hydroxylation is 2. The van der Waals surface area contributed by atoms with E-state index in [1.165, 1.54) is 11.1 Å². The molecule has 1 amide bonds. The molecule has 0 spiro atoms. The fourth-order valence-electron chi connectivity index (χ4n) is 2.47. The molecule has 0 fully saturated rings. The van der Waals surface area contributed by atoms with Gasteiger partial charge in [0, 0.05) is 5.56 Å². The lowest BCUT2D eigenvalue weighted by Gasteiger charge is -2.03. The molecule has 0 aliphatic heterocycles. The number of nitrogens with one attached hydrogen (secondary N) is 2. The van der Waals surface area contributed by atoms with Gasteiger partial charge in [0.05, 0.1) is 21.5 Å². The Balaban J connectivity index is 1.74. The van der Waals surface area contributed by atoms with Crippen molar-refractivity contribution in [3.63, 3.8) is 0 Å². The molecule has 5 nitrogen and oxygen atoms in total. The smallest absolute Gasteiger partial charge is 0.272 e. The van der Waals surface area contributed by atoms with Gasteiger partial charge in [-0.25, -0.2) is 5.43 Å². The zero-order valence-corrected chi connectivity index (χ0v) is 16.6. The summed E-state index contributed by atoms with van der Waals surface area (Å²) < 4.78 is 0. The minimum atomic E-state index is -0.378. The number of aromatic nitrogens is 2. The van der Waals surface area contributed by atoms with E-state index < -0.39 is 0 Å². The van der Waals surface area contributed by atoms with Crippen LogP contribution in [0.2, 0.25) is 10.0 Å². The van der Waals surface area contributed by atoms with Crippen molar-refractivity contribution < 1.29 is 4.79 Å². The van der Waals surface area contributed by atoms with Crippen LogP contribution in [0, 0.1) is 13.8 Å². The van der Waals surface area contributed by atoms with Crippen LogP contribution < -0.4 is 5.43 Å². The monoisotopic (exact) mass is 400 g/mol. The molecule has 0 aliphatic carbocycles. The normalized spacial score (nSPS) is 11.5. The van der Waals surface area contributed by atoms with Crippen molar-refractivity contribution >= 4 is 34.8 Å². The summed E-state index contributed by atoms with van der Waals surface area (Å²) in [5.41, 5.74) is 8.25. The molecule has 0 unspecified atom stereocenters. The van der Waals surface area contributed by atoms with E-state index in [0.29, 0.717) is 27.1 Å². The summed E-state index contributed by atoms with van der Waals surface area (Å²) in [6.07, 6.45) is 0. The second-order valence-electron chi connectivity index (χ2n) is 6.23. The van der Waals surface area contributed by atoms with Gasteiger partial charge in [-0.3, -0.25) is 9.89 Å². The highest BCUT2D eigenvalue weighted by atomic mass is 35.5. The summed E-state index contributed by atoms with van der Waals surface area (Å²) in [6.45, 7) is 5.86. The molecule has 0 bridgehead atoms. The van der Waals surface area contributed by atoms with Crippen LogP contribution in [-0.2, 0) is 0 Å². The molecule has 1 aromatic heterocycles. The Hall–Kier alpha value is -2.63. The quantitative estimate of drug-likeness (QED) is 0.469. The number of carbonyl (C=O) groups excluding carboxylic acids is 1. The van der Waals surface area contributed by atoms with Crippen molar-refractivity contribution in [3.05, 3.63) is 74.9 Å². The highest BCUT2D eigenvalue weighted by molar-refractivity contribution is 6.42. The third-order valence-electron chi connectivity index (χ3n) is 4.29. The van der Waals surface area contributed by atoms with Gasteiger partial charge < -0.3 is 0 Å². The fraction of sp³-hybridized carbons (Fsp3) is 0.150. The number of rotatable bonds is 4. The van der Waals surface area contributed by atoms with Crippen LogP contribution >= 0.6 is 23.2 Å². The molecular weight excluding hydrogens is 383 g/mol. The number of H-pyrrole nitrogens is 1. The first-order valence-electron chi connectivity index (χ1n) is 8.28. The predicted molar refractivity (Wildman–Crippen MR) is 110 cm³/mol. The van der Waals surface area contributed by atoms with Gasteiger partial charge in [0.2, 0.25) is 0 Å². The van der Waals surface area contributed by atoms with Gasteiger partial charge >= 0.3 is 0 Å². The van der Waals surface area contributed by atoms with Crippen LogP contribution in [0.5, 0.6) is 0 Å². The van der Waals surface area contributed by atoms with Crippen molar-refractivity contribution in [2.24, 2.45) is 5.10 Å². The molecule has 0 aliphatic rings. The Morgan fingerprint density at radius 1 is 1.04 bits per heavy atom. The minimum absolute atomic E-state index is 0.328. The first kappa shape index (κ1) is 19.1. The Labute approximate surface area is 167 Å². The molecule has 3 aromatic rings. The van der Waals surface area contributed by atoms with Crippen LogP contribution in [0.15, 0.2) is 47.6 Å². The summed E-state index contributed by atoms with van der Waals surface area (Å²) in [4.78, 5) is 12.3. The van der Waals surface area contributed by atoms with Crippen LogP contribution in [-0.4, -0.2) is 21.8 Å². The lowest BCUT2D eigenvalue weighted by Crippen LogP contribution is -2.19. The van der Waals surface area contributed by atoms with Gasteiger partial charge in [0.25, 0.3) is 5.91 Å². The first-order chi connectivity index (χ1) is 12.8. The number of amides is 1. The lowest BCUT2D eigenvalue weighted by atomic mass is 10.0. The highest BCUT2D eigenvalue weighted by Gasteiger charge is 2.11. The standard InChI is InChI=1S/C20H18Cl2N4O/c1-11-4-5-15(8-12(11)2)18-10-19(25-24-18)20(27)26-23-13(3)14-6-7-16(21)17(22)9-14/h4-10H,1-3H3,(H,24,25)(H,26,27). The second-order valence-corrected chi connectivity index (χ2v) is 7.05. The number of halogens is 2. The Kier molecular flexibility index (Phi) is 5.63. The van der Waals surface area contributed by atoms with E-state index >= 15 is 0 Å². The van der Waals surface area contributed by atoms with Crippen molar-refractivity contribution in [2.45, 2.75) is 20.8 Å². The maximum absolute atomic E-state index is 12.3. The molecule has 0 radical (unpaired) electrons. The van der Waals surface area contributed by atoms with Gasteiger partial charge in [0.15, 0.2) is 0 Å². The number of hydrogen-bond donors (Lipinski definition) is 2. The number of nitrogens with zero attached hydrogens (tertiary/aromatic N) is 2. The van der Waals surface area contributed by atoms with Crippen LogP contribution in [0.25, 0.3) is 11.3 Å². The number of benzene rings is 2. The molecule has 3 rings (SSSR count). The van der Waals surface area contributed by atoms with E-state index in [4.69, 9.17) is 23.2 Å². The van der Waals surface area contributed by atoms with Gasteiger partial charge in [-0.15, -0.1) is 0 Å². The Morgan fingerprint density at radius 3 is 2.52 bits per heavy atom. The molecule has 2 N–H and O–H groups in total. The van der Waals surface area contributed by atoms with E-state index in [1.54, 1.807) is 31.2 Å². The van der Waals surface area contributed by atoms with Gasteiger partial charge in [-0.1, -0.05) is 41.4 Å². The minimum Gasteiger partial charge on any atom is -0.272 e. The molecule has 27 heavy (non-hydrogen) atoms. The van der Waals surface area contributed by atoms with Crippen molar-refractivity contribution in [1.29, 1.82) is 0 Å². The van der Waals surface area contributed by atoms with Gasteiger partial charge in [-0.2, -0.15) is 10.2 Å². The number of hydrazone groups is 1. The van der Waals surface area contributed by atoms with E-state index in [0.717, 1.165) is 11.1 Å². The van der Waals surface area contributed by atoms with E-state index in [1.807, 2.05) is 25.1 Å². The van der Waals surface area contributed by atoms with Crippen LogP contribution in [0.4, 0.5) is 0 Å². The number of aromatic amines is 1. The molecule has 2 aromatic carbocycles. The van der Waals surface area contributed by atoms with Gasteiger partial charge in [-0.05, 0) is 61.7 Å². The molecule has 138 valence electrons. The lowest BCUT2D eigenvalue weighted by molar-refractivity contribution is 0.0950. The van der Waals surface area contributed by atoms with Crippen molar-refractivity contribution in [1.82, 2.24) is 15.6 Å². The predicted octanol–water partition coefficient (Wildman–Crippen LogP) is 5.15. The number of carbonyl (C=O) groups is 1. The molecule has 0 saturated carbocycles. The molecule has 0 atom stereocenters. The van der Waals surface area contributed by atoms with E-state index in [2.05, 4.69) is 27.6 Å². The SMILES string of the molecule is CC(=NNC(=O)c1cc(-c2ccc(C)c(C)c2)n[nH]1)c1ccc(Cl)c(Cl)c1. The topological polar surface area (TPSA) is 70.1 Å². The number of hydrogen-bond acceptors (Lipinski definition) is 3. The van der Waals surface area contributed by atoms with Crippen LogP contribution in [0.1, 0.15) is 34.1 Å². The molecular formula is C20H18Cl2N4O. The average molecular weight is 401 g/mol. The van der Waals surface area contributed by atoms with E-state index in [-0.39, 0.29) is 5.91 Å². The van der Waals surface area contributed by atoms with Gasteiger partial charge in [0.1, 0.15) is 5.69 Å². The summed E-state index contributed by atoms with van der Waals surface area (Å²) >= 11 is 11.9. The largest absolute Gasteiger partial charge is 0.289 e. The third-order valence-corrected chi connectivity index (χ3v) is 5.03. The Morgan fingerprint density at radius 2 is 1.81 bits per heavy atom. The summed E-state index contributed by atoms with van der Waals surface area (Å²) in [6, 6.07) is 12.9. The summed E-state index contributed by atoms with van der Waals surface area (Å²) in [7, 11) is 0. The maximum Gasteiger partial charge on any atom is 0.289 e. The summed E-state index contributed by atoms with van der Waals surface area (Å²) in [5, 5.41) is 12.0. The first-order valence-corrected chi connectivity index (χ1v) is 9.04. The molecule has 1 heterocycles. The maximum atomic E-state index is 12.3. The second kappa shape index (κ2) is 7.94. The summed E-state index contributed by atoms with van der Waals surface area (Å²) in [5.74, 6) is -0.378. The van der Waals surface area contributed by atoms with Crippen molar-refractivity contribution in [3.8, 4) is 11.3 Å². The zero-order chi connectivity index (χ0) is 19.6. The third kappa shape index (κ3) is 4.38. The average Bonchev–Trinajstić information content (AvgIpc) is 3.14. The molecule has 0 saturated heterocycles. The molecule has 7 heteroatoms. The highest BCUT2D eigenvalue weighted by Crippen LogP contribution is 2.23. The van der Waals surface area contributed by atoms with Crippen LogP contribution in [0.3, 0.4) is 0 Å². The zero-order valence-electron chi connectivity index (χ0n) is 15.1.